The van der Waals surface area contributed by atoms with Crippen molar-refractivity contribution in [2.24, 2.45) is 0 Å². The van der Waals surface area contributed by atoms with Gasteiger partial charge < -0.3 is 5.32 Å². The smallest absolute Gasteiger partial charge is 0.0624 e. The first-order chi connectivity index (χ1) is 8.74. The predicted octanol–water partition coefficient (Wildman–Crippen LogP) is 3.18. The molecule has 0 saturated heterocycles. The molecule has 0 bridgehead atoms. The summed E-state index contributed by atoms with van der Waals surface area (Å²) in [6.07, 6.45) is 5.92. The molecular formula is C15H29N3. The fourth-order valence-electron chi connectivity index (χ4n) is 2.47. The van der Waals surface area contributed by atoms with Crippen LogP contribution in [0.1, 0.15) is 58.3 Å². The number of aryl methyl sites for hydroxylation is 3. The monoisotopic (exact) mass is 251 g/mol. The highest BCUT2D eigenvalue weighted by atomic mass is 15.3. The van der Waals surface area contributed by atoms with Gasteiger partial charge in [0.1, 0.15) is 0 Å². The van der Waals surface area contributed by atoms with Gasteiger partial charge in [-0.25, -0.2) is 0 Å². The third kappa shape index (κ3) is 4.45. The molecule has 3 nitrogen and oxygen atoms in total. The molecule has 0 radical (unpaired) electrons. The van der Waals surface area contributed by atoms with Gasteiger partial charge in [-0.1, -0.05) is 27.2 Å². The highest BCUT2D eigenvalue weighted by molar-refractivity contribution is 5.10. The van der Waals surface area contributed by atoms with Gasteiger partial charge in [-0.15, -0.1) is 0 Å². The molecule has 1 atom stereocenters. The van der Waals surface area contributed by atoms with Crippen LogP contribution in [0.2, 0.25) is 0 Å². The number of hydrogen-bond donors (Lipinski definition) is 1. The average Bonchev–Trinajstić information content (AvgIpc) is 2.79. The lowest BCUT2D eigenvalue weighted by Gasteiger charge is -2.17. The van der Waals surface area contributed by atoms with Crippen molar-refractivity contribution in [3.05, 3.63) is 17.5 Å². The van der Waals surface area contributed by atoms with Gasteiger partial charge in [-0.05, 0) is 45.2 Å². The zero-order valence-electron chi connectivity index (χ0n) is 12.5. The fraction of sp³-hybridized carbons (Fsp3) is 0.800. The van der Waals surface area contributed by atoms with Crippen LogP contribution in [0.5, 0.6) is 0 Å². The molecule has 0 amide bonds. The molecule has 0 aliphatic heterocycles. The second-order valence-electron chi connectivity index (χ2n) is 4.88. The van der Waals surface area contributed by atoms with Gasteiger partial charge in [-0.3, -0.25) is 4.68 Å². The Bertz CT molecular complexity index is 324. The maximum absolute atomic E-state index is 4.61. The summed E-state index contributed by atoms with van der Waals surface area (Å²) in [5, 5.41) is 8.20. The van der Waals surface area contributed by atoms with Gasteiger partial charge in [-0.2, -0.15) is 5.10 Å². The van der Waals surface area contributed by atoms with E-state index in [0.717, 1.165) is 25.9 Å². The van der Waals surface area contributed by atoms with E-state index in [1.54, 1.807) is 0 Å². The van der Waals surface area contributed by atoms with Crippen molar-refractivity contribution < 1.29 is 0 Å². The first kappa shape index (κ1) is 15.2. The quantitative estimate of drug-likeness (QED) is 0.730. The number of nitrogens with zero attached hydrogens (tertiary/aromatic N) is 2. The van der Waals surface area contributed by atoms with Crippen molar-refractivity contribution in [1.82, 2.24) is 15.1 Å². The van der Waals surface area contributed by atoms with Crippen molar-refractivity contribution in [1.29, 1.82) is 0 Å². The molecule has 1 unspecified atom stereocenters. The molecule has 1 heterocycles. The van der Waals surface area contributed by atoms with Crippen molar-refractivity contribution in [3.8, 4) is 0 Å². The fourth-order valence-corrected chi connectivity index (χ4v) is 2.47. The number of aromatic nitrogens is 2. The molecule has 0 aromatic carbocycles. The van der Waals surface area contributed by atoms with E-state index in [0.29, 0.717) is 6.04 Å². The van der Waals surface area contributed by atoms with Crippen LogP contribution in [0.15, 0.2) is 6.07 Å². The van der Waals surface area contributed by atoms with Crippen LogP contribution < -0.4 is 5.32 Å². The topological polar surface area (TPSA) is 29.9 Å². The lowest BCUT2D eigenvalue weighted by atomic mass is 10.0. The van der Waals surface area contributed by atoms with E-state index in [2.05, 4.69) is 48.9 Å². The summed E-state index contributed by atoms with van der Waals surface area (Å²) in [4.78, 5) is 0. The second-order valence-corrected chi connectivity index (χ2v) is 4.88. The van der Waals surface area contributed by atoms with E-state index in [1.165, 1.54) is 30.7 Å². The first-order valence-electron chi connectivity index (χ1n) is 7.54. The molecule has 0 aliphatic carbocycles. The molecule has 1 aromatic rings. The van der Waals surface area contributed by atoms with E-state index in [1.807, 2.05) is 0 Å². The maximum atomic E-state index is 4.61. The minimum atomic E-state index is 0.658. The Morgan fingerprint density at radius 2 is 2.00 bits per heavy atom. The SMILES string of the molecule is CCCC(CCc1cc(CC)nn1CC)NCC. The van der Waals surface area contributed by atoms with Gasteiger partial charge in [0.2, 0.25) is 0 Å². The number of rotatable bonds is 9. The summed E-state index contributed by atoms with van der Waals surface area (Å²) in [6, 6.07) is 2.93. The van der Waals surface area contributed by atoms with E-state index < -0.39 is 0 Å². The van der Waals surface area contributed by atoms with Gasteiger partial charge in [0.15, 0.2) is 0 Å². The summed E-state index contributed by atoms with van der Waals surface area (Å²) in [5.41, 5.74) is 2.62. The number of hydrogen-bond acceptors (Lipinski definition) is 2. The molecule has 0 spiro atoms. The summed E-state index contributed by atoms with van der Waals surface area (Å²) in [6.45, 7) is 10.8. The normalized spacial score (nSPS) is 12.9. The van der Waals surface area contributed by atoms with Crippen LogP contribution in [0, 0.1) is 0 Å². The Morgan fingerprint density at radius 3 is 2.56 bits per heavy atom. The minimum Gasteiger partial charge on any atom is -0.314 e. The Balaban J connectivity index is 2.57. The van der Waals surface area contributed by atoms with E-state index in [9.17, 15) is 0 Å². The van der Waals surface area contributed by atoms with Crippen LogP contribution in [-0.4, -0.2) is 22.4 Å². The summed E-state index contributed by atoms with van der Waals surface area (Å²) >= 11 is 0. The van der Waals surface area contributed by atoms with Crippen LogP contribution in [-0.2, 0) is 19.4 Å². The highest BCUT2D eigenvalue weighted by Crippen LogP contribution is 2.11. The molecular weight excluding hydrogens is 222 g/mol. The molecule has 0 fully saturated rings. The van der Waals surface area contributed by atoms with E-state index in [4.69, 9.17) is 0 Å². The zero-order chi connectivity index (χ0) is 13.4. The van der Waals surface area contributed by atoms with Crippen LogP contribution in [0.25, 0.3) is 0 Å². The largest absolute Gasteiger partial charge is 0.314 e. The van der Waals surface area contributed by atoms with Gasteiger partial charge in [0.05, 0.1) is 5.69 Å². The van der Waals surface area contributed by atoms with Gasteiger partial charge >= 0.3 is 0 Å². The Kier molecular flexibility index (Phi) is 7.02. The zero-order valence-corrected chi connectivity index (χ0v) is 12.5. The maximum Gasteiger partial charge on any atom is 0.0624 e. The molecule has 1 rings (SSSR count). The lowest BCUT2D eigenvalue weighted by molar-refractivity contribution is 0.452. The Hall–Kier alpha value is -0.830. The molecule has 3 heteroatoms. The van der Waals surface area contributed by atoms with Crippen molar-refractivity contribution in [2.75, 3.05) is 6.54 Å². The van der Waals surface area contributed by atoms with Crippen molar-refractivity contribution >= 4 is 0 Å². The summed E-state index contributed by atoms with van der Waals surface area (Å²) in [5.74, 6) is 0. The van der Waals surface area contributed by atoms with Gasteiger partial charge in [0, 0.05) is 18.3 Å². The standard InChI is InChI=1S/C15H29N3/c1-5-9-14(16-7-3)10-11-15-12-13(6-2)17-18(15)8-4/h12,14,16H,5-11H2,1-4H3. The molecule has 18 heavy (non-hydrogen) atoms. The highest BCUT2D eigenvalue weighted by Gasteiger charge is 2.10. The van der Waals surface area contributed by atoms with E-state index >= 15 is 0 Å². The lowest BCUT2D eigenvalue weighted by Crippen LogP contribution is -2.29. The Morgan fingerprint density at radius 1 is 1.22 bits per heavy atom. The third-order valence-electron chi connectivity index (χ3n) is 3.45. The molecule has 104 valence electrons. The van der Waals surface area contributed by atoms with Crippen molar-refractivity contribution in [2.45, 2.75) is 72.4 Å². The first-order valence-corrected chi connectivity index (χ1v) is 7.54. The third-order valence-corrected chi connectivity index (χ3v) is 3.45. The van der Waals surface area contributed by atoms with Gasteiger partial charge in [0.25, 0.3) is 0 Å². The molecule has 1 N–H and O–H groups in total. The predicted molar refractivity (Wildman–Crippen MR) is 78.0 cm³/mol. The molecule has 0 saturated carbocycles. The van der Waals surface area contributed by atoms with Crippen LogP contribution >= 0.6 is 0 Å². The Labute approximate surface area is 112 Å². The van der Waals surface area contributed by atoms with Crippen LogP contribution in [0.4, 0.5) is 0 Å². The average molecular weight is 251 g/mol. The second kappa shape index (κ2) is 8.30. The number of nitrogens with one attached hydrogen (secondary N) is 1. The van der Waals surface area contributed by atoms with Crippen LogP contribution in [0.3, 0.4) is 0 Å². The summed E-state index contributed by atoms with van der Waals surface area (Å²) in [7, 11) is 0. The minimum absolute atomic E-state index is 0.658. The molecule has 1 aromatic heterocycles. The molecule has 0 aliphatic rings. The summed E-state index contributed by atoms with van der Waals surface area (Å²) < 4.78 is 2.16. The van der Waals surface area contributed by atoms with Crippen molar-refractivity contribution in [3.63, 3.8) is 0 Å². The van der Waals surface area contributed by atoms with E-state index in [-0.39, 0.29) is 0 Å².